The molecule has 4 rings (SSSR count). The van der Waals surface area contributed by atoms with Gasteiger partial charge in [-0.1, -0.05) is 18.2 Å². The topological polar surface area (TPSA) is 178 Å². The van der Waals surface area contributed by atoms with Gasteiger partial charge in [-0.3, -0.25) is 0 Å². The molecule has 1 aliphatic heterocycles. The van der Waals surface area contributed by atoms with Crippen LogP contribution in [0.4, 0.5) is 0 Å². The molecule has 0 aliphatic carbocycles. The fraction of sp³-hybridized carbons (Fsp3) is 0.207. The van der Waals surface area contributed by atoms with Crippen LogP contribution in [0, 0.1) is 0 Å². The highest BCUT2D eigenvalue weighted by atomic mass is 16.6. The van der Waals surface area contributed by atoms with E-state index in [1.807, 2.05) is 0 Å². The number of aliphatic carboxylic acids is 2. The number of methoxy groups -OCH3 is 2. The van der Waals surface area contributed by atoms with E-state index < -0.39 is 36.2 Å². The van der Waals surface area contributed by atoms with Crippen molar-refractivity contribution < 1.29 is 58.5 Å². The summed E-state index contributed by atoms with van der Waals surface area (Å²) in [7, 11) is 2.71. The summed E-state index contributed by atoms with van der Waals surface area (Å²) in [6.07, 6.45) is -1.78. The molecule has 12 nitrogen and oxygen atoms in total. The number of esters is 1. The summed E-state index contributed by atoms with van der Waals surface area (Å²) in [5, 5.41) is 38.9. The number of aromatic hydroxyl groups is 2. The maximum Gasteiger partial charge on any atom is 0.349 e. The van der Waals surface area contributed by atoms with Crippen LogP contribution in [0.3, 0.4) is 0 Å². The minimum absolute atomic E-state index is 0.111. The van der Waals surface area contributed by atoms with Crippen LogP contribution in [0.5, 0.6) is 34.5 Å². The first-order valence-electron chi connectivity index (χ1n) is 12.1. The number of carbonyl (C=O) groups is 3. The third kappa shape index (κ3) is 6.61. The minimum atomic E-state index is -1.51. The molecule has 12 heteroatoms. The Morgan fingerprint density at radius 2 is 1.56 bits per heavy atom. The van der Waals surface area contributed by atoms with E-state index >= 15 is 0 Å². The number of carboxylic acids is 2. The van der Waals surface area contributed by atoms with Gasteiger partial charge in [0.15, 0.2) is 40.6 Å². The van der Waals surface area contributed by atoms with Crippen LogP contribution in [0.15, 0.2) is 60.7 Å². The molecule has 4 N–H and O–H groups in total. The van der Waals surface area contributed by atoms with Crippen LogP contribution in [-0.4, -0.2) is 64.8 Å². The third-order valence-electron chi connectivity index (χ3n) is 6.14. The summed E-state index contributed by atoms with van der Waals surface area (Å²) in [6.45, 7) is 0. The van der Waals surface area contributed by atoms with Gasteiger partial charge in [0, 0.05) is 18.1 Å². The Balaban J connectivity index is 1.47. The summed E-state index contributed by atoms with van der Waals surface area (Å²) >= 11 is 0. The molecule has 0 saturated carbocycles. The number of fused-ring (bicyclic) bond motifs is 1. The lowest BCUT2D eigenvalue weighted by Crippen LogP contribution is -2.39. The predicted molar refractivity (Wildman–Crippen MR) is 141 cm³/mol. The van der Waals surface area contributed by atoms with Crippen molar-refractivity contribution >= 4 is 24.0 Å². The highest BCUT2D eigenvalue weighted by Gasteiger charge is 2.38. The van der Waals surface area contributed by atoms with Gasteiger partial charge in [-0.05, 0) is 53.6 Å². The summed E-state index contributed by atoms with van der Waals surface area (Å²) in [6, 6.07) is 13.1. The zero-order chi connectivity index (χ0) is 29.7. The maximum absolute atomic E-state index is 12.4. The van der Waals surface area contributed by atoms with Gasteiger partial charge >= 0.3 is 17.9 Å². The molecule has 0 aromatic heterocycles. The van der Waals surface area contributed by atoms with Gasteiger partial charge in [0.2, 0.25) is 12.2 Å². The van der Waals surface area contributed by atoms with Gasteiger partial charge in [0.1, 0.15) is 0 Å². The van der Waals surface area contributed by atoms with Crippen molar-refractivity contribution in [3.8, 4) is 34.5 Å². The number of phenolic OH excluding ortho intramolecular Hbond substituents is 2. The average Bonchev–Trinajstić information content (AvgIpc) is 2.96. The molecule has 3 aromatic rings. The number of carboxylic acid groups (broad SMARTS) is 2. The Hall–Kier alpha value is -5.39. The molecule has 0 saturated heterocycles. The third-order valence-corrected chi connectivity index (χ3v) is 6.14. The molecular weight excluding hydrogens is 540 g/mol. The van der Waals surface area contributed by atoms with Crippen molar-refractivity contribution in [3.63, 3.8) is 0 Å². The zero-order valence-corrected chi connectivity index (χ0v) is 21.8. The summed E-state index contributed by atoms with van der Waals surface area (Å²) in [5.74, 6) is -3.17. The number of carbonyl (C=O) groups excluding carboxylic acids is 1. The molecule has 0 amide bonds. The molecular formula is C29H26O12. The van der Waals surface area contributed by atoms with Crippen molar-refractivity contribution in [2.45, 2.75) is 24.7 Å². The van der Waals surface area contributed by atoms with Crippen molar-refractivity contribution in [1.29, 1.82) is 0 Å². The summed E-state index contributed by atoms with van der Waals surface area (Å²) in [4.78, 5) is 36.1. The average molecular weight is 567 g/mol. The number of rotatable bonds is 10. The smallest absolute Gasteiger partial charge is 0.349 e. The highest BCUT2D eigenvalue weighted by molar-refractivity contribution is 5.89. The van der Waals surface area contributed by atoms with Crippen molar-refractivity contribution in [2.75, 3.05) is 14.2 Å². The highest BCUT2D eigenvalue weighted by Crippen LogP contribution is 2.42. The molecule has 0 spiro atoms. The van der Waals surface area contributed by atoms with Crippen LogP contribution in [-0.2, 0) is 25.5 Å². The lowest BCUT2D eigenvalue weighted by atomic mass is 10.0. The number of phenols is 2. The predicted octanol–water partition coefficient (Wildman–Crippen LogP) is 3.33. The van der Waals surface area contributed by atoms with Crippen LogP contribution in [0.25, 0.3) is 6.08 Å². The van der Waals surface area contributed by atoms with Crippen molar-refractivity contribution in [2.24, 2.45) is 0 Å². The quantitative estimate of drug-likeness (QED) is 0.208. The monoisotopic (exact) mass is 566 g/mol. The number of hydrogen-bond acceptors (Lipinski definition) is 10. The van der Waals surface area contributed by atoms with E-state index in [4.69, 9.17) is 23.7 Å². The second-order valence-electron chi connectivity index (χ2n) is 8.86. The second-order valence-corrected chi connectivity index (χ2v) is 8.86. The maximum atomic E-state index is 12.4. The molecule has 0 unspecified atom stereocenters. The Kier molecular flexibility index (Phi) is 8.51. The molecule has 0 bridgehead atoms. The standard InChI is InChI=1S/C29H26O12/c1-37-21-12-16(3-7-18(21)30)13-24(28(33)34)39-25(32)10-5-15-4-9-20-23(11-15)41-27(29(35)36)26(40-20)17-6-8-19(31)22(14-17)38-2/h3-12,14,24,26-27,30-31H,13H2,1-2H3,(H,33,34)(H,35,36)/b10-5+/t24-,26-,27-/m1/s1. The first-order chi connectivity index (χ1) is 19.6. The molecule has 1 heterocycles. The van der Waals surface area contributed by atoms with Gasteiger partial charge in [0.25, 0.3) is 0 Å². The van der Waals surface area contributed by atoms with E-state index in [1.54, 1.807) is 6.07 Å². The Bertz CT molecular complexity index is 1500. The normalized spacial score (nSPS) is 16.5. The fourth-order valence-corrected chi connectivity index (χ4v) is 4.10. The summed E-state index contributed by atoms with van der Waals surface area (Å²) < 4.78 is 26.9. The van der Waals surface area contributed by atoms with E-state index in [-0.39, 0.29) is 40.9 Å². The molecule has 1 aliphatic rings. The van der Waals surface area contributed by atoms with Crippen LogP contribution >= 0.6 is 0 Å². The number of benzene rings is 3. The zero-order valence-electron chi connectivity index (χ0n) is 21.8. The SMILES string of the molecule is COc1cc(C[C@@H](OC(=O)/C=C/c2ccc3c(c2)O[C@@H](C(=O)O)[C@@H](c2ccc(O)c(OC)c2)O3)C(=O)O)ccc1O. The van der Waals surface area contributed by atoms with E-state index in [0.29, 0.717) is 16.7 Å². The molecule has 214 valence electrons. The van der Waals surface area contributed by atoms with Crippen LogP contribution < -0.4 is 18.9 Å². The Morgan fingerprint density at radius 1 is 0.878 bits per heavy atom. The number of hydrogen-bond donors (Lipinski definition) is 4. The van der Waals surface area contributed by atoms with Crippen molar-refractivity contribution in [1.82, 2.24) is 0 Å². The van der Waals surface area contributed by atoms with E-state index in [9.17, 15) is 34.8 Å². The lowest BCUT2D eigenvalue weighted by Gasteiger charge is -2.32. The Labute approximate surface area is 233 Å². The van der Waals surface area contributed by atoms with E-state index in [0.717, 1.165) is 6.08 Å². The van der Waals surface area contributed by atoms with Gasteiger partial charge in [-0.15, -0.1) is 0 Å². The van der Waals surface area contributed by atoms with Crippen LogP contribution in [0.2, 0.25) is 0 Å². The van der Waals surface area contributed by atoms with E-state index in [1.165, 1.54) is 68.8 Å². The second kappa shape index (κ2) is 12.2. The van der Waals surface area contributed by atoms with E-state index in [2.05, 4.69) is 0 Å². The first-order valence-corrected chi connectivity index (χ1v) is 12.1. The first kappa shape index (κ1) is 28.6. The van der Waals surface area contributed by atoms with Crippen LogP contribution in [0.1, 0.15) is 22.8 Å². The lowest BCUT2D eigenvalue weighted by molar-refractivity contribution is -0.160. The Morgan fingerprint density at radius 3 is 2.22 bits per heavy atom. The number of ether oxygens (including phenoxy) is 5. The molecule has 0 fully saturated rings. The minimum Gasteiger partial charge on any atom is -0.504 e. The largest absolute Gasteiger partial charge is 0.504 e. The van der Waals surface area contributed by atoms with Gasteiger partial charge in [-0.25, -0.2) is 14.4 Å². The van der Waals surface area contributed by atoms with Gasteiger partial charge < -0.3 is 44.1 Å². The van der Waals surface area contributed by atoms with Gasteiger partial charge in [0.05, 0.1) is 14.2 Å². The van der Waals surface area contributed by atoms with Gasteiger partial charge in [-0.2, -0.15) is 0 Å². The molecule has 3 aromatic carbocycles. The van der Waals surface area contributed by atoms with Crippen molar-refractivity contribution in [3.05, 3.63) is 77.4 Å². The molecule has 3 atom stereocenters. The molecule has 41 heavy (non-hydrogen) atoms. The molecule has 0 radical (unpaired) electrons. The fourth-order valence-electron chi connectivity index (χ4n) is 4.10. The summed E-state index contributed by atoms with van der Waals surface area (Å²) in [5.41, 5.74) is 1.30.